The van der Waals surface area contributed by atoms with Crippen molar-refractivity contribution in [1.82, 2.24) is 0 Å². The summed E-state index contributed by atoms with van der Waals surface area (Å²) in [7, 11) is 0. The molecule has 1 aliphatic carbocycles. The van der Waals surface area contributed by atoms with E-state index in [4.69, 9.17) is 5.73 Å². The van der Waals surface area contributed by atoms with E-state index in [0.717, 1.165) is 18.4 Å². The molecule has 0 saturated carbocycles. The summed E-state index contributed by atoms with van der Waals surface area (Å²) in [5.74, 6) is -0.742. The van der Waals surface area contributed by atoms with Gasteiger partial charge in [0.2, 0.25) is 5.91 Å². The summed E-state index contributed by atoms with van der Waals surface area (Å²) in [5, 5.41) is 0. The zero-order valence-corrected chi connectivity index (χ0v) is 13.5. The minimum absolute atomic E-state index is 0.0377. The Morgan fingerprint density at radius 2 is 2.10 bits per heavy atom. The van der Waals surface area contributed by atoms with Crippen LogP contribution in [0.4, 0.5) is 0 Å². The highest BCUT2D eigenvalue weighted by Gasteiger charge is 2.26. The van der Waals surface area contributed by atoms with E-state index in [1.807, 2.05) is 0 Å². The first-order valence-electron chi connectivity index (χ1n) is 7.56. The van der Waals surface area contributed by atoms with Crippen molar-refractivity contribution in [2.45, 2.75) is 51.9 Å². The van der Waals surface area contributed by atoms with Gasteiger partial charge in [-0.2, -0.15) is 0 Å². The summed E-state index contributed by atoms with van der Waals surface area (Å²) in [6, 6.07) is 4.39. The van der Waals surface area contributed by atoms with Gasteiger partial charge in [0.1, 0.15) is 0 Å². The van der Waals surface area contributed by atoms with Crippen LogP contribution in [0.3, 0.4) is 0 Å². The Morgan fingerprint density at radius 3 is 2.57 bits per heavy atom. The molecule has 0 heterocycles. The Hall–Kier alpha value is -1.83. The van der Waals surface area contributed by atoms with E-state index < -0.39 is 5.92 Å². The molecule has 0 spiro atoms. The average Bonchev–Trinajstić information content (AvgIpc) is 2.81. The molecule has 21 heavy (non-hydrogen) atoms. The molecule has 2 N–H and O–H groups in total. The normalized spacial score (nSPS) is 15.3. The molecule has 2 heteroatoms. The van der Waals surface area contributed by atoms with Crippen molar-refractivity contribution >= 4 is 12.0 Å². The Balaban J connectivity index is 2.65. The second-order valence-corrected chi connectivity index (χ2v) is 6.83. The van der Waals surface area contributed by atoms with Crippen LogP contribution in [-0.2, 0) is 16.6 Å². The number of carbonyl (C=O) groups is 1. The third-order valence-electron chi connectivity index (χ3n) is 4.28. The van der Waals surface area contributed by atoms with Gasteiger partial charge >= 0.3 is 0 Å². The van der Waals surface area contributed by atoms with Crippen molar-refractivity contribution in [3.63, 3.8) is 0 Å². The fourth-order valence-electron chi connectivity index (χ4n) is 2.88. The van der Waals surface area contributed by atoms with Crippen molar-refractivity contribution in [1.29, 1.82) is 0 Å². The molecule has 0 bridgehead atoms. The van der Waals surface area contributed by atoms with Gasteiger partial charge in [-0.3, -0.25) is 4.79 Å². The lowest BCUT2D eigenvalue weighted by molar-refractivity contribution is -0.118. The lowest BCUT2D eigenvalue weighted by Crippen LogP contribution is -2.22. The van der Waals surface area contributed by atoms with Crippen LogP contribution in [0.5, 0.6) is 0 Å². The summed E-state index contributed by atoms with van der Waals surface area (Å²) in [5.41, 5.74) is 11.8. The summed E-state index contributed by atoms with van der Waals surface area (Å²) in [6.07, 6.45) is 5.88. The van der Waals surface area contributed by atoms with E-state index in [0.29, 0.717) is 0 Å². The fraction of sp³-hybridized carbons (Fsp3) is 0.421. The third kappa shape index (κ3) is 2.94. The highest BCUT2D eigenvalue weighted by molar-refractivity contribution is 5.85. The van der Waals surface area contributed by atoms with Crippen LogP contribution in [0, 0.1) is 0 Å². The number of nitrogens with two attached hydrogens (primary N) is 1. The van der Waals surface area contributed by atoms with Crippen molar-refractivity contribution in [2.75, 3.05) is 0 Å². The van der Waals surface area contributed by atoms with Gasteiger partial charge in [0, 0.05) is 0 Å². The van der Waals surface area contributed by atoms with E-state index >= 15 is 0 Å². The lowest BCUT2D eigenvalue weighted by atomic mass is 9.81. The summed E-state index contributed by atoms with van der Waals surface area (Å²) in [6.45, 7) is 12.5. The van der Waals surface area contributed by atoms with Gasteiger partial charge in [0.05, 0.1) is 5.92 Å². The van der Waals surface area contributed by atoms with Crippen molar-refractivity contribution in [3.8, 4) is 0 Å². The van der Waals surface area contributed by atoms with Crippen molar-refractivity contribution < 1.29 is 4.79 Å². The summed E-state index contributed by atoms with van der Waals surface area (Å²) < 4.78 is 0. The monoisotopic (exact) mass is 283 g/mol. The first-order valence-corrected chi connectivity index (χ1v) is 7.56. The summed E-state index contributed by atoms with van der Waals surface area (Å²) >= 11 is 0. The molecule has 1 aromatic carbocycles. The Kier molecular flexibility index (Phi) is 4.08. The molecule has 2 nitrogen and oxygen atoms in total. The van der Waals surface area contributed by atoms with Crippen LogP contribution < -0.4 is 5.73 Å². The van der Waals surface area contributed by atoms with Gasteiger partial charge in [0.15, 0.2) is 0 Å². The number of carbonyl (C=O) groups excluding carboxylic acids is 1. The molecule has 0 aliphatic heterocycles. The van der Waals surface area contributed by atoms with Crippen LogP contribution in [0.25, 0.3) is 6.08 Å². The molecule has 1 atom stereocenters. The maximum absolute atomic E-state index is 11.8. The van der Waals surface area contributed by atoms with Crippen molar-refractivity contribution in [3.05, 3.63) is 52.6 Å². The molecule has 0 aromatic heterocycles. The Morgan fingerprint density at radius 1 is 1.43 bits per heavy atom. The molecular weight excluding hydrogens is 258 g/mol. The molecule has 1 aromatic rings. The van der Waals surface area contributed by atoms with Gasteiger partial charge in [0.25, 0.3) is 0 Å². The fourth-order valence-corrected chi connectivity index (χ4v) is 2.88. The van der Waals surface area contributed by atoms with E-state index in [1.54, 1.807) is 6.08 Å². The molecule has 0 fully saturated rings. The van der Waals surface area contributed by atoms with E-state index in [2.05, 4.69) is 52.5 Å². The zero-order valence-electron chi connectivity index (χ0n) is 13.5. The number of hydrogen-bond acceptors (Lipinski definition) is 1. The van der Waals surface area contributed by atoms with Crippen LogP contribution in [0.2, 0.25) is 0 Å². The van der Waals surface area contributed by atoms with Gasteiger partial charge < -0.3 is 5.73 Å². The van der Waals surface area contributed by atoms with Gasteiger partial charge in [-0.1, -0.05) is 57.6 Å². The van der Waals surface area contributed by atoms with Gasteiger partial charge in [-0.25, -0.2) is 0 Å². The Bertz CT molecular complexity index is 617. The van der Waals surface area contributed by atoms with E-state index in [1.165, 1.54) is 22.3 Å². The smallest absolute Gasteiger partial charge is 0.228 e. The molecule has 1 unspecified atom stereocenters. The maximum atomic E-state index is 11.8. The van der Waals surface area contributed by atoms with Crippen LogP contribution in [0.1, 0.15) is 62.3 Å². The summed E-state index contributed by atoms with van der Waals surface area (Å²) in [4.78, 5) is 11.8. The number of amides is 1. The number of allylic oxidation sites excluding steroid dienone is 1. The van der Waals surface area contributed by atoms with Gasteiger partial charge in [-0.05, 0) is 40.5 Å². The van der Waals surface area contributed by atoms with Crippen molar-refractivity contribution in [2.24, 2.45) is 5.73 Å². The van der Waals surface area contributed by atoms with Crippen LogP contribution >= 0.6 is 0 Å². The Labute approximate surface area is 127 Å². The van der Waals surface area contributed by atoms with Crippen LogP contribution in [-0.4, -0.2) is 5.91 Å². The molecule has 0 radical (unpaired) electrons. The first kappa shape index (κ1) is 15.6. The minimum Gasteiger partial charge on any atom is -0.369 e. The highest BCUT2D eigenvalue weighted by Crippen LogP contribution is 2.37. The predicted molar refractivity (Wildman–Crippen MR) is 89.2 cm³/mol. The highest BCUT2D eigenvalue weighted by atomic mass is 16.1. The molecule has 2 rings (SSSR count). The first-order chi connectivity index (χ1) is 9.77. The quantitative estimate of drug-likeness (QED) is 0.831. The SMILES string of the molecule is C=CC(C(N)=O)c1cc(C(C)(C)C)cc2c1CC(CC)=C2. The molecule has 112 valence electrons. The molecular formula is C19H25NO. The molecule has 0 saturated heterocycles. The van der Waals surface area contributed by atoms with E-state index in [9.17, 15) is 4.79 Å². The predicted octanol–water partition coefficient (Wildman–Crippen LogP) is 4.09. The third-order valence-corrected chi connectivity index (χ3v) is 4.28. The average molecular weight is 283 g/mol. The zero-order chi connectivity index (χ0) is 15.8. The standard InChI is InChI=1S/C19H25NO/c1-6-12-8-13-10-14(19(3,4)5)11-17(16(13)9-12)15(7-2)18(20)21/h7-8,10-11,15H,2,6,9H2,1,3-5H3,(H2,20,21). The molecule has 1 amide bonds. The topological polar surface area (TPSA) is 43.1 Å². The van der Waals surface area contributed by atoms with E-state index in [-0.39, 0.29) is 11.3 Å². The second kappa shape index (κ2) is 5.51. The second-order valence-electron chi connectivity index (χ2n) is 6.83. The van der Waals surface area contributed by atoms with Crippen LogP contribution in [0.15, 0.2) is 30.4 Å². The minimum atomic E-state index is -0.411. The number of hydrogen-bond donors (Lipinski definition) is 1. The molecule has 1 aliphatic rings. The number of rotatable bonds is 4. The lowest BCUT2D eigenvalue weighted by Gasteiger charge is -2.24. The number of fused-ring (bicyclic) bond motifs is 1. The maximum Gasteiger partial charge on any atom is 0.228 e. The number of primary amides is 1. The van der Waals surface area contributed by atoms with Gasteiger partial charge in [-0.15, -0.1) is 6.58 Å². The largest absolute Gasteiger partial charge is 0.369 e. The number of benzene rings is 1.